The molecule has 0 saturated heterocycles. The lowest BCUT2D eigenvalue weighted by molar-refractivity contribution is 0.301. The lowest BCUT2D eigenvalue weighted by atomic mass is 10.3. The molecule has 3 rings (SSSR count). The number of ether oxygens (including phenoxy) is 1. The zero-order chi connectivity index (χ0) is 14.7. The molecule has 0 aliphatic rings. The average molecular weight is 319 g/mol. The van der Waals surface area contributed by atoms with Crippen molar-refractivity contribution in [3.8, 4) is 11.4 Å². The molecular formula is C16H12Cl2N2O. The number of hydrogen-bond donors (Lipinski definition) is 0. The van der Waals surface area contributed by atoms with E-state index in [0.717, 1.165) is 11.4 Å². The lowest BCUT2D eigenvalue weighted by Gasteiger charge is -2.06. The van der Waals surface area contributed by atoms with Crippen LogP contribution in [0.25, 0.3) is 5.69 Å². The fraction of sp³-hybridized carbons (Fsp3) is 0.0625. The average Bonchev–Trinajstić information content (AvgIpc) is 2.98. The van der Waals surface area contributed by atoms with Crippen molar-refractivity contribution in [2.45, 2.75) is 6.61 Å². The topological polar surface area (TPSA) is 27.1 Å². The molecule has 2 aromatic carbocycles. The first-order valence-corrected chi connectivity index (χ1v) is 7.16. The van der Waals surface area contributed by atoms with Gasteiger partial charge in [-0.3, -0.25) is 0 Å². The van der Waals surface area contributed by atoms with Crippen molar-refractivity contribution in [1.29, 1.82) is 0 Å². The highest BCUT2D eigenvalue weighted by Crippen LogP contribution is 2.28. The van der Waals surface area contributed by atoms with Crippen molar-refractivity contribution in [2.24, 2.45) is 0 Å². The zero-order valence-corrected chi connectivity index (χ0v) is 12.6. The summed E-state index contributed by atoms with van der Waals surface area (Å²) in [4.78, 5) is 0. The number of hydrogen-bond acceptors (Lipinski definition) is 2. The summed E-state index contributed by atoms with van der Waals surface area (Å²) < 4.78 is 7.46. The van der Waals surface area contributed by atoms with E-state index in [1.165, 1.54) is 0 Å². The quantitative estimate of drug-likeness (QED) is 0.693. The molecule has 106 valence electrons. The highest BCUT2D eigenvalue weighted by atomic mass is 35.5. The first kappa shape index (κ1) is 14.0. The minimum Gasteiger partial charge on any atom is -0.486 e. The van der Waals surface area contributed by atoms with Crippen LogP contribution in [-0.2, 0) is 6.61 Å². The number of benzene rings is 2. The van der Waals surface area contributed by atoms with Gasteiger partial charge >= 0.3 is 0 Å². The van der Waals surface area contributed by atoms with Gasteiger partial charge in [0.2, 0.25) is 0 Å². The smallest absolute Gasteiger partial charge is 0.139 e. The van der Waals surface area contributed by atoms with Crippen LogP contribution in [-0.4, -0.2) is 9.78 Å². The Morgan fingerprint density at radius 1 is 1.00 bits per heavy atom. The van der Waals surface area contributed by atoms with Gasteiger partial charge in [0, 0.05) is 17.3 Å². The molecule has 0 aliphatic carbocycles. The third kappa shape index (κ3) is 3.38. The minimum atomic E-state index is 0.333. The van der Waals surface area contributed by atoms with Gasteiger partial charge in [0.15, 0.2) is 0 Å². The van der Waals surface area contributed by atoms with Gasteiger partial charge in [0.05, 0.1) is 10.7 Å². The molecule has 0 atom stereocenters. The highest BCUT2D eigenvalue weighted by molar-refractivity contribution is 6.34. The molecule has 0 aliphatic heterocycles. The Morgan fingerprint density at radius 3 is 2.62 bits per heavy atom. The van der Waals surface area contributed by atoms with E-state index in [1.807, 2.05) is 42.6 Å². The molecule has 0 saturated carbocycles. The summed E-state index contributed by atoms with van der Waals surface area (Å²) in [5.41, 5.74) is 1.82. The maximum atomic E-state index is 6.05. The summed E-state index contributed by atoms with van der Waals surface area (Å²) in [7, 11) is 0. The van der Waals surface area contributed by atoms with E-state index in [4.69, 9.17) is 27.9 Å². The van der Waals surface area contributed by atoms with Crippen LogP contribution in [0.1, 0.15) is 5.69 Å². The summed E-state index contributed by atoms with van der Waals surface area (Å²) in [5, 5.41) is 5.58. The molecule has 0 fully saturated rings. The van der Waals surface area contributed by atoms with E-state index >= 15 is 0 Å². The molecular weight excluding hydrogens is 307 g/mol. The van der Waals surface area contributed by atoms with Crippen LogP contribution in [0.4, 0.5) is 0 Å². The second kappa shape index (κ2) is 6.20. The van der Waals surface area contributed by atoms with Crippen molar-refractivity contribution in [3.05, 3.63) is 76.5 Å². The predicted molar refractivity (Wildman–Crippen MR) is 84.4 cm³/mol. The first-order chi connectivity index (χ1) is 10.2. The van der Waals surface area contributed by atoms with Crippen molar-refractivity contribution < 1.29 is 4.74 Å². The van der Waals surface area contributed by atoms with Crippen LogP contribution in [0.5, 0.6) is 5.75 Å². The summed E-state index contributed by atoms with van der Waals surface area (Å²) >= 11 is 12.0. The Labute approximate surface area is 132 Å². The Bertz CT molecular complexity index is 741. The van der Waals surface area contributed by atoms with Crippen LogP contribution in [0, 0.1) is 0 Å². The Kier molecular flexibility index (Phi) is 4.13. The maximum absolute atomic E-state index is 6.05. The molecule has 3 nitrogen and oxygen atoms in total. The van der Waals surface area contributed by atoms with Crippen molar-refractivity contribution in [3.63, 3.8) is 0 Å². The van der Waals surface area contributed by atoms with Crippen LogP contribution in [0.2, 0.25) is 10.0 Å². The third-order valence-corrected chi connectivity index (χ3v) is 3.48. The molecule has 1 heterocycles. The third-order valence-electron chi connectivity index (χ3n) is 2.93. The number of halogens is 2. The molecule has 0 radical (unpaired) electrons. The molecule has 21 heavy (non-hydrogen) atoms. The second-order valence-corrected chi connectivity index (χ2v) is 5.29. The van der Waals surface area contributed by atoms with Crippen molar-refractivity contribution in [2.75, 3.05) is 0 Å². The molecule has 1 aromatic heterocycles. The Morgan fingerprint density at radius 2 is 1.81 bits per heavy atom. The summed E-state index contributed by atoms with van der Waals surface area (Å²) in [6.45, 7) is 0.333. The minimum absolute atomic E-state index is 0.333. The van der Waals surface area contributed by atoms with Crippen LogP contribution in [0.3, 0.4) is 0 Å². The second-order valence-electron chi connectivity index (χ2n) is 4.45. The largest absolute Gasteiger partial charge is 0.486 e. The fourth-order valence-corrected chi connectivity index (χ4v) is 2.24. The molecule has 0 unspecified atom stereocenters. The molecule has 5 heteroatoms. The standard InChI is InChI=1S/C16H12Cl2N2O/c17-12-6-7-15(18)16(10-12)21-11-13-8-9-20(19-13)14-4-2-1-3-5-14/h1-10H,11H2. The number of rotatable bonds is 4. The number of aromatic nitrogens is 2. The maximum Gasteiger partial charge on any atom is 0.139 e. The van der Waals surface area contributed by atoms with E-state index in [9.17, 15) is 0 Å². The summed E-state index contributed by atoms with van der Waals surface area (Å²) in [5.74, 6) is 0.554. The lowest BCUT2D eigenvalue weighted by Crippen LogP contribution is -1.99. The fourth-order valence-electron chi connectivity index (χ4n) is 1.90. The van der Waals surface area contributed by atoms with E-state index in [-0.39, 0.29) is 0 Å². The number of nitrogens with zero attached hydrogens (tertiary/aromatic N) is 2. The van der Waals surface area contributed by atoms with Crippen LogP contribution in [0.15, 0.2) is 60.8 Å². The highest BCUT2D eigenvalue weighted by Gasteiger charge is 2.05. The van der Waals surface area contributed by atoms with Gasteiger partial charge < -0.3 is 4.74 Å². The predicted octanol–water partition coefficient (Wildman–Crippen LogP) is 4.76. The normalized spacial score (nSPS) is 10.6. The monoisotopic (exact) mass is 318 g/mol. The van der Waals surface area contributed by atoms with Crippen molar-refractivity contribution >= 4 is 23.2 Å². The van der Waals surface area contributed by atoms with Gasteiger partial charge in [-0.1, -0.05) is 41.4 Å². The van der Waals surface area contributed by atoms with Gasteiger partial charge in [-0.25, -0.2) is 4.68 Å². The summed E-state index contributed by atoms with van der Waals surface area (Å²) in [6, 6.07) is 16.9. The van der Waals surface area contributed by atoms with Crippen LogP contribution >= 0.6 is 23.2 Å². The van der Waals surface area contributed by atoms with Gasteiger partial charge in [-0.15, -0.1) is 0 Å². The first-order valence-electron chi connectivity index (χ1n) is 6.40. The van der Waals surface area contributed by atoms with Gasteiger partial charge in [0.25, 0.3) is 0 Å². The number of para-hydroxylation sites is 1. The molecule has 3 aromatic rings. The molecule has 0 bridgehead atoms. The van der Waals surface area contributed by atoms with E-state index in [2.05, 4.69) is 5.10 Å². The van der Waals surface area contributed by atoms with Gasteiger partial charge in [0.1, 0.15) is 18.1 Å². The van der Waals surface area contributed by atoms with E-state index < -0.39 is 0 Å². The molecule has 0 N–H and O–H groups in total. The molecule has 0 spiro atoms. The SMILES string of the molecule is Clc1ccc(Cl)c(OCc2ccn(-c3ccccc3)n2)c1. The van der Waals surface area contributed by atoms with Gasteiger partial charge in [-0.05, 0) is 30.3 Å². The van der Waals surface area contributed by atoms with E-state index in [0.29, 0.717) is 22.4 Å². The Hall–Kier alpha value is -1.97. The zero-order valence-electron chi connectivity index (χ0n) is 11.0. The summed E-state index contributed by atoms with van der Waals surface area (Å²) in [6.07, 6.45) is 1.90. The Balaban J connectivity index is 1.72. The van der Waals surface area contributed by atoms with Gasteiger partial charge in [-0.2, -0.15) is 5.10 Å². The van der Waals surface area contributed by atoms with Crippen molar-refractivity contribution in [1.82, 2.24) is 9.78 Å². The van der Waals surface area contributed by atoms with E-state index in [1.54, 1.807) is 22.9 Å². The van der Waals surface area contributed by atoms with Crippen LogP contribution < -0.4 is 4.74 Å². The molecule has 0 amide bonds.